The minimum absolute atomic E-state index is 0.00507. The van der Waals surface area contributed by atoms with Crippen LogP contribution in [0, 0.1) is 24.6 Å². The fourth-order valence-corrected chi connectivity index (χ4v) is 3.48. The molecule has 0 spiro atoms. The van der Waals surface area contributed by atoms with Crippen LogP contribution in [-0.4, -0.2) is 32.1 Å². The van der Waals surface area contributed by atoms with Gasteiger partial charge >= 0.3 is 11.9 Å². The molecule has 7 nitrogen and oxygen atoms in total. The van der Waals surface area contributed by atoms with Crippen molar-refractivity contribution in [1.82, 2.24) is 0 Å². The van der Waals surface area contributed by atoms with Crippen molar-refractivity contribution in [1.29, 1.82) is 0 Å². The van der Waals surface area contributed by atoms with Crippen LogP contribution in [0.1, 0.15) is 24.5 Å². The average Bonchev–Trinajstić information content (AvgIpc) is 2.69. The summed E-state index contributed by atoms with van der Waals surface area (Å²) >= 11 is 0. The van der Waals surface area contributed by atoms with Gasteiger partial charge in [-0.05, 0) is 50.3 Å². The number of halogens is 1. The number of carboxylic acid groups (broad SMARTS) is 1. The second kappa shape index (κ2) is 10.4. The molecule has 2 N–H and O–H groups in total. The van der Waals surface area contributed by atoms with Crippen molar-refractivity contribution in [2.45, 2.75) is 25.2 Å². The number of ether oxygens (including phenoxy) is 1. The Bertz CT molecular complexity index is 1170. The molecule has 31 heavy (non-hydrogen) atoms. The fraction of sp³-hybridized carbons (Fsp3) is 0.182. The van der Waals surface area contributed by atoms with Crippen molar-refractivity contribution in [3.8, 4) is 11.8 Å². The molecule has 0 saturated heterocycles. The number of aryl methyl sites for hydroxylation is 1. The van der Waals surface area contributed by atoms with E-state index in [4.69, 9.17) is 9.84 Å². The molecule has 2 aromatic carbocycles. The number of hydrogen-bond acceptors (Lipinski definition) is 5. The van der Waals surface area contributed by atoms with E-state index in [-0.39, 0.29) is 28.3 Å². The number of carbonyl (C=O) groups excluding carboxylic acids is 1. The SMILES string of the molecule is CCOC(=O)/C(=C/C#Cc1cc(F)ccc1NS(=O)(=O)c1ccc(C)cc1)CC(=O)O. The Morgan fingerprint density at radius 1 is 1.19 bits per heavy atom. The maximum atomic E-state index is 13.7. The van der Waals surface area contributed by atoms with Crippen LogP contribution >= 0.6 is 0 Å². The fourth-order valence-electron chi connectivity index (χ4n) is 2.40. The molecule has 0 aliphatic rings. The number of esters is 1. The third-order valence-electron chi connectivity index (χ3n) is 3.89. The van der Waals surface area contributed by atoms with Gasteiger partial charge in [0.05, 0.1) is 34.7 Å². The lowest BCUT2D eigenvalue weighted by atomic mass is 10.1. The number of rotatable bonds is 7. The van der Waals surface area contributed by atoms with Gasteiger partial charge in [-0.15, -0.1) is 0 Å². The molecule has 0 saturated carbocycles. The van der Waals surface area contributed by atoms with Crippen LogP contribution < -0.4 is 4.72 Å². The Labute approximate surface area is 179 Å². The number of carbonyl (C=O) groups is 2. The summed E-state index contributed by atoms with van der Waals surface area (Å²) in [5.41, 5.74) is 0.724. The van der Waals surface area contributed by atoms with E-state index in [2.05, 4.69) is 16.6 Å². The van der Waals surface area contributed by atoms with Crippen LogP contribution in [0.5, 0.6) is 0 Å². The van der Waals surface area contributed by atoms with Crippen molar-refractivity contribution in [3.05, 3.63) is 71.1 Å². The molecule has 0 radical (unpaired) electrons. The highest BCUT2D eigenvalue weighted by Crippen LogP contribution is 2.21. The summed E-state index contributed by atoms with van der Waals surface area (Å²) in [6, 6.07) is 9.48. The van der Waals surface area contributed by atoms with E-state index in [1.54, 1.807) is 19.1 Å². The largest absolute Gasteiger partial charge is 0.481 e. The third kappa shape index (κ3) is 6.97. The number of carboxylic acids is 1. The Kier molecular flexibility index (Phi) is 7.94. The molecule has 2 aromatic rings. The highest BCUT2D eigenvalue weighted by atomic mass is 32.2. The first-order valence-corrected chi connectivity index (χ1v) is 10.6. The van der Waals surface area contributed by atoms with E-state index in [0.717, 1.165) is 23.8 Å². The van der Waals surface area contributed by atoms with Crippen molar-refractivity contribution in [2.24, 2.45) is 0 Å². The molecule has 162 valence electrons. The molecule has 0 aliphatic heterocycles. The maximum absolute atomic E-state index is 13.7. The van der Waals surface area contributed by atoms with Crippen LogP contribution in [-0.2, 0) is 24.3 Å². The maximum Gasteiger partial charge on any atom is 0.335 e. The number of aliphatic carboxylic acids is 1. The van der Waals surface area contributed by atoms with Gasteiger partial charge in [-0.3, -0.25) is 9.52 Å². The van der Waals surface area contributed by atoms with E-state index in [1.807, 2.05) is 6.92 Å². The predicted octanol–water partition coefficient (Wildman–Crippen LogP) is 3.25. The van der Waals surface area contributed by atoms with E-state index >= 15 is 0 Å². The summed E-state index contributed by atoms with van der Waals surface area (Å²) in [4.78, 5) is 22.8. The van der Waals surface area contributed by atoms with E-state index in [9.17, 15) is 22.4 Å². The number of nitrogens with one attached hydrogen (secondary N) is 1. The molecule has 2 rings (SSSR count). The molecule has 0 fully saturated rings. The molecule has 0 heterocycles. The van der Waals surface area contributed by atoms with Gasteiger partial charge in [0.1, 0.15) is 5.82 Å². The Morgan fingerprint density at radius 3 is 2.48 bits per heavy atom. The molecule has 0 aliphatic carbocycles. The number of benzene rings is 2. The number of anilines is 1. The Balaban J connectivity index is 2.39. The first kappa shape index (κ1) is 23.6. The monoisotopic (exact) mass is 445 g/mol. The highest BCUT2D eigenvalue weighted by molar-refractivity contribution is 7.92. The van der Waals surface area contributed by atoms with Gasteiger partial charge in [-0.1, -0.05) is 29.5 Å². The van der Waals surface area contributed by atoms with Gasteiger partial charge in [0.2, 0.25) is 0 Å². The van der Waals surface area contributed by atoms with Crippen molar-refractivity contribution < 1.29 is 32.2 Å². The summed E-state index contributed by atoms with van der Waals surface area (Å²) in [6.07, 6.45) is 0.443. The number of allylic oxidation sites excluding steroid dienone is 1. The van der Waals surface area contributed by atoms with Gasteiger partial charge in [0.25, 0.3) is 10.0 Å². The van der Waals surface area contributed by atoms with Crippen LogP contribution in [0.15, 0.2) is 59.0 Å². The van der Waals surface area contributed by atoms with E-state index in [0.29, 0.717) is 0 Å². The lowest BCUT2D eigenvalue weighted by Crippen LogP contribution is -2.14. The third-order valence-corrected chi connectivity index (χ3v) is 5.27. The van der Waals surface area contributed by atoms with Crippen LogP contribution in [0.3, 0.4) is 0 Å². The van der Waals surface area contributed by atoms with Gasteiger partial charge in [0.15, 0.2) is 0 Å². The average molecular weight is 445 g/mol. The lowest BCUT2D eigenvalue weighted by Gasteiger charge is -2.10. The van der Waals surface area contributed by atoms with E-state index < -0.39 is 34.2 Å². The second-order valence-electron chi connectivity index (χ2n) is 6.34. The van der Waals surface area contributed by atoms with Gasteiger partial charge in [0, 0.05) is 0 Å². The summed E-state index contributed by atoms with van der Waals surface area (Å²) < 4.78 is 46.1. The molecular weight excluding hydrogens is 425 g/mol. The predicted molar refractivity (Wildman–Crippen MR) is 112 cm³/mol. The van der Waals surface area contributed by atoms with Crippen molar-refractivity contribution >= 4 is 27.6 Å². The zero-order valence-electron chi connectivity index (χ0n) is 16.8. The molecule has 0 aromatic heterocycles. The molecule has 0 bridgehead atoms. The smallest absolute Gasteiger partial charge is 0.335 e. The summed E-state index contributed by atoms with van der Waals surface area (Å²) in [5, 5.41) is 8.93. The minimum Gasteiger partial charge on any atom is -0.481 e. The van der Waals surface area contributed by atoms with Crippen molar-refractivity contribution in [3.63, 3.8) is 0 Å². The zero-order valence-corrected chi connectivity index (χ0v) is 17.6. The number of hydrogen-bond donors (Lipinski definition) is 2. The quantitative estimate of drug-likeness (QED) is 0.385. The molecule has 0 amide bonds. The standard InChI is InChI=1S/C22H20FNO6S/c1-3-30-22(27)17(14-21(25)26)6-4-5-16-13-18(23)9-12-20(16)24-31(28,29)19-10-7-15(2)8-11-19/h6-13,24H,3,14H2,1-2H3,(H,25,26)/b17-6+. The molecule has 9 heteroatoms. The van der Waals surface area contributed by atoms with Crippen LogP contribution in [0.25, 0.3) is 0 Å². The molecular formula is C22H20FNO6S. The normalized spacial score (nSPS) is 11.3. The molecule has 0 unspecified atom stereocenters. The topological polar surface area (TPSA) is 110 Å². The first-order chi connectivity index (χ1) is 14.6. The zero-order chi connectivity index (χ0) is 23.0. The summed E-state index contributed by atoms with van der Waals surface area (Å²) in [5.74, 6) is 2.28. The second-order valence-corrected chi connectivity index (χ2v) is 8.02. The minimum atomic E-state index is -3.95. The van der Waals surface area contributed by atoms with E-state index in [1.165, 1.54) is 18.2 Å². The van der Waals surface area contributed by atoms with Crippen LogP contribution in [0.2, 0.25) is 0 Å². The lowest BCUT2D eigenvalue weighted by molar-refractivity contribution is -0.142. The first-order valence-electron chi connectivity index (χ1n) is 9.11. The van der Waals surface area contributed by atoms with Gasteiger partial charge in [-0.2, -0.15) is 0 Å². The van der Waals surface area contributed by atoms with Crippen molar-refractivity contribution in [2.75, 3.05) is 11.3 Å². The van der Waals surface area contributed by atoms with Gasteiger partial charge in [-0.25, -0.2) is 17.6 Å². The Morgan fingerprint density at radius 2 is 1.87 bits per heavy atom. The molecule has 0 atom stereocenters. The highest BCUT2D eigenvalue weighted by Gasteiger charge is 2.16. The number of sulfonamides is 1. The van der Waals surface area contributed by atoms with Gasteiger partial charge < -0.3 is 9.84 Å². The summed E-state index contributed by atoms with van der Waals surface area (Å²) in [7, 11) is -3.95. The summed E-state index contributed by atoms with van der Waals surface area (Å²) in [6.45, 7) is 3.44. The van der Waals surface area contributed by atoms with Crippen LogP contribution in [0.4, 0.5) is 10.1 Å². The Hall–Kier alpha value is -3.64.